The van der Waals surface area contributed by atoms with Crippen molar-refractivity contribution in [2.75, 3.05) is 20.6 Å². The molecule has 0 aliphatic heterocycles. The van der Waals surface area contributed by atoms with Gasteiger partial charge < -0.3 is 15.2 Å². The molecule has 1 aromatic heterocycles. The van der Waals surface area contributed by atoms with E-state index in [1.807, 2.05) is 0 Å². The molecule has 0 saturated heterocycles. The maximum Gasteiger partial charge on any atom is 0.126 e. The van der Waals surface area contributed by atoms with Gasteiger partial charge in [-0.3, -0.25) is 0 Å². The Hall–Kier alpha value is -1.39. The highest BCUT2D eigenvalue weighted by molar-refractivity contribution is 5.77. The number of benzene rings is 1. The molecule has 0 amide bonds. The first-order chi connectivity index (χ1) is 9.56. The number of fused-ring (bicyclic) bond motifs is 1. The van der Waals surface area contributed by atoms with Gasteiger partial charge in [0.05, 0.1) is 17.1 Å². The standard InChI is InChI=1S/C16H26N4/c1-5-12-7-8-15-14(11-12)18-16(13(17)6-2)20(15)10-9-19(3)4/h7-8,11,13H,5-6,9-10,17H2,1-4H3. The summed E-state index contributed by atoms with van der Waals surface area (Å²) in [5.74, 6) is 1.01. The summed E-state index contributed by atoms with van der Waals surface area (Å²) in [4.78, 5) is 6.98. The SMILES string of the molecule is CCc1ccc2c(c1)nc(C(N)CC)n2CCN(C)C. The lowest BCUT2D eigenvalue weighted by Gasteiger charge is -2.16. The number of likely N-dealkylation sites (N-methyl/N-ethyl adjacent to an activating group) is 1. The van der Waals surface area contributed by atoms with Gasteiger partial charge in [-0.05, 0) is 44.6 Å². The highest BCUT2D eigenvalue weighted by Crippen LogP contribution is 2.22. The first kappa shape index (κ1) is 15.0. The Morgan fingerprint density at radius 1 is 1.30 bits per heavy atom. The average molecular weight is 274 g/mol. The minimum atomic E-state index is 0.00892. The van der Waals surface area contributed by atoms with E-state index < -0.39 is 0 Å². The van der Waals surface area contributed by atoms with Crippen molar-refractivity contribution in [3.05, 3.63) is 29.6 Å². The first-order valence-corrected chi connectivity index (χ1v) is 7.46. The van der Waals surface area contributed by atoms with Gasteiger partial charge in [-0.2, -0.15) is 0 Å². The van der Waals surface area contributed by atoms with Gasteiger partial charge in [-0.1, -0.05) is 19.9 Å². The molecule has 0 aliphatic rings. The average Bonchev–Trinajstić information content (AvgIpc) is 2.81. The molecule has 110 valence electrons. The lowest BCUT2D eigenvalue weighted by Crippen LogP contribution is -2.22. The second-order valence-electron chi connectivity index (χ2n) is 5.62. The topological polar surface area (TPSA) is 47.1 Å². The van der Waals surface area contributed by atoms with E-state index in [0.717, 1.165) is 37.3 Å². The van der Waals surface area contributed by atoms with Crippen molar-refractivity contribution >= 4 is 11.0 Å². The van der Waals surface area contributed by atoms with Gasteiger partial charge in [0.25, 0.3) is 0 Å². The second-order valence-corrected chi connectivity index (χ2v) is 5.62. The molecule has 0 saturated carbocycles. The van der Waals surface area contributed by atoms with Crippen LogP contribution in [0.5, 0.6) is 0 Å². The third-order valence-electron chi connectivity index (χ3n) is 3.79. The number of nitrogens with zero attached hydrogens (tertiary/aromatic N) is 3. The molecule has 2 rings (SSSR count). The summed E-state index contributed by atoms with van der Waals surface area (Å²) < 4.78 is 2.28. The van der Waals surface area contributed by atoms with Crippen LogP contribution in [-0.4, -0.2) is 35.1 Å². The fourth-order valence-electron chi connectivity index (χ4n) is 2.41. The molecule has 1 heterocycles. The molecule has 4 nitrogen and oxygen atoms in total. The van der Waals surface area contributed by atoms with Gasteiger partial charge in [0.2, 0.25) is 0 Å². The quantitative estimate of drug-likeness (QED) is 0.880. The van der Waals surface area contributed by atoms with Crippen LogP contribution in [0.1, 0.15) is 37.7 Å². The molecule has 2 N–H and O–H groups in total. The number of nitrogens with two attached hydrogens (primary N) is 1. The first-order valence-electron chi connectivity index (χ1n) is 7.46. The van der Waals surface area contributed by atoms with E-state index in [1.165, 1.54) is 11.1 Å². The molecule has 0 fully saturated rings. The van der Waals surface area contributed by atoms with Crippen molar-refractivity contribution in [2.24, 2.45) is 5.73 Å². The molecule has 0 radical (unpaired) electrons. The smallest absolute Gasteiger partial charge is 0.126 e. The minimum absolute atomic E-state index is 0.00892. The summed E-state index contributed by atoms with van der Waals surface area (Å²) >= 11 is 0. The summed E-state index contributed by atoms with van der Waals surface area (Å²) in [6.07, 6.45) is 1.95. The molecular formula is C16H26N4. The summed E-state index contributed by atoms with van der Waals surface area (Å²) in [7, 11) is 4.18. The Bertz CT molecular complexity index is 571. The highest BCUT2D eigenvalue weighted by atomic mass is 15.1. The molecular weight excluding hydrogens is 248 g/mol. The molecule has 2 aromatic rings. The van der Waals surface area contributed by atoms with Crippen LogP contribution in [0.15, 0.2) is 18.2 Å². The monoisotopic (exact) mass is 274 g/mol. The second kappa shape index (κ2) is 6.37. The third-order valence-corrected chi connectivity index (χ3v) is 3.79. The fraction of sp³-hybridized carbons (Fsp3) is 0.562. The van der Waals surface area contributed by atoms with Gasteiger partial charge in [-0.25, -0.2) is 4.98 Å². The molecule has 0 bridgehead atoms. The molecule has 0 spiro atoms. The predicted octanol–water partition coefficient (Wildman–Crippen LogP) is 2.57. The van der Waals surface area contributed by atoms with Crippen LogP contribution in [-0.2, 0) is 13.0 Å². The molecule has 0 aliphatic carbocycles. The lowest BCUT2D eigenvalue weighted by molar-refractivity contribution is 0.380. The van der Waals surface area contributed by atoms with Crippen molar-refractivity contribution in [2.45, 2.75) is 39.3 Å². The normalized spacial score (nSPS) is 13.3. The van der Waals surface area contributed by atoms with E-state index in [0.29, 0.717) is 0 Å². The van der Waals surface area contributed by atoms with Crippen molar-refractivity contribution in [1.29, 1.82) is 0 Å². The van der Waals surface area contributed by atoms with Gasteiger partial charge in [0, 0.05) is 13.1 Å². The van der Waals surface area contributed by atoms with Crippen LogP contribution in [0, 0.1) is 0 Å². The van der Waals surface area contributed by atoms with Gasteiger partial charge in [0.15, 0.2) is 0 Å². The van der Waals surface area contributed by atoms with Crippen LogP contribution in [0.2, 0.25) is 0 Å². The molecule has 1 unspecified atom stereocenters. The van der Waals surface area contributed by atoms with Crippen LogP contribution >= 0.6 is 0 Å². The van der Waals surface area contributed by atoms with E-state index in [1.54, 1.807) is 0 Å². The Balaban J connectivity index is 2.48. The number of aromatic nitrogens is 2. The van der Waals surface area contributed by atoms with E-state index in [9.17, 15) is 0 Å². The maximum absolute atomic E-state index is 6.24. The Kier molecular flexibility index (Phi) is 4.78. The van der Waals surface area contributed by atoms with Gasteiger partial charge in [0.1, 0.15) is 5.82 Å². The zero-order chi connectivity index (χ0) is 14.7. The number of imidazole rings is 1. The van der Waals surface area contributed by atoms with Crippen molar-refractivity contribution < 1.29 is 0 Å². The minimum Gasteiger partial charge on any atom is -0.325 e. The van der Waals surface area contributed by atoms with Crippen LogP contribution < -0.4 is 5.73 Å². The Morgan fingerprint density at radius 3 is 2.65 bits per heavy atom. The van der Waals surface area contributed by atoms with Crippen LogP contribution in [0.3, 0.4) is 0 Å². The third kappa shape index (κ3) is 3.02. The number of aryl methyl sites for hydroxylation is 1. The molecule has 1 aromatic carbocycles. The highest BCUT2D eigenvalue weighted by Gasteiger charge is 2.16. The lowest BCUT2D eigenvalue weighted by atomic mass is 10.1. The fourth-order valence-corrected chi connectivity index (χ4v) is 2.41. The van der Waals surface area contributed by atoms with Gasteiger partial charge in [-0.15, -0.1) is 0 Å². The van der Waals surface area contributed by atoms with E-state index in [-0.39, 0.29) is 6.04 Å². The molecule has 20 heavy (non-hydrogen) atoms. The number of rotatable bonds is 6. The molecule has 4 heteroatoms. The molecule has 1 atom stereocenters. The van der Waals surface area contributed by atoms with E-state index in [2.05, 4.69) is 55.6 Å². The van der Waals surface area contributed by atoms with Crippen molar-refractivity contribution in [3.8, 4) is 0 Å². The van der Waals surface area contributed by atoms with Crippen LogP contribution in [0.25, 0.3) is 11.0 Å². The predicted molar refractivity (Wildman–Crippen MR) is 84.9 cm³/mol. The van der Waals surface area contributed by atoms with Crippen LogP contribution in [0.4, 0.5) is 0 Å². The van der Waals surface area contributed by atoms with E-state index in [4.69, 9.17) is 10.7 Å². The Labute approximate surface area is 121 Å². The summed E-state index contributed by atoms with van der Waals surface area (Å²) in [5.41, 5.74) is 9.83. The zero-order valence-corrected chi connectivity index (χ0v) is 13.1. The van der Waals surface area contributed by atoms with E-state index >= 15 is 0 Å². The van der Waals surface area contributed by atoms with Gasteiger partial charge >= 0.3 is 0 Å². The van der Waals surface area contributed by atoms with Crippen molar-refractivity contribution in [1.82, 2.24) is 14.5 Å². The summed E-state index contributed by atoms with van der Waals surface area (Å²) in [5, 5.41) is 0. The largest absolute Gasteiger partial charge is 0.325 e. The number of hydrogen-bond donors (Lipinski definition) is 1. The summed E-state index contributed by atoms with van der Waals surface area (Å²) in [6.45, 7) is 6.20. The zero-order valence-electron chi connectivity index (χ0n) is 13.1. The Morgan fingerprint density at radius 2 is 2.05 bits per heavy atom. The number of hydrogen-bond acceptors (Lipinski definition) is 3. The maximum atomic E-state index is 6.24. The summed E-state index contributed by atoms with van der Waals surface area (Å²) in [6, 6.07) is 6.57. The van der Waals surface area contributed by atoms with Crippen molar-refractivity contribution in [3.63, 3.8) is 0 Å².